The number of halogens is 3. The Morgan fingerprint density at radius 3 is 2.75 bits per heavy atom. The average molecular weight is 582 g/mol. The third kappa shape index (κ3) is 8.35. The topological polar surface area (TPSA) is 125 Å². The normalized spacial score (nSPS) is 16.4. The fraction of sp³-hybridized carbons (Fsp3) is 0.481. The van der Waals surface area contributed by atoms with Gasteiger partial charge in [0.15, 0.2) is 10.8 Å². The molecule has 3 rings (SSSR count). The molecule has 218 valence electrons. The zero-order valence-electron chi connectivity index (χ0n) is 22.6. The lowest BCUT2D eigenvalue weighted by Gasteiger charge is -2.28. The first-order valence-electron chi connectivity index (χ1n) is 13.0. The number of amidine groups is 1. The van der Waals surface area contributed by atoms with E-state index < -0.39 is 48.7 Å². The lowest BCUT2D eigenvalue weighted by atomic mass is 9.92. The highest BCUT2D eigenvalue weighted by Gasteiger charge is 2.35. The molecule has 4 N–H and O–H groups in total. The number of carbonyl (C=O) groups excluding carboxylic acids is 1. The number of hydrogen-bond donors (Lipinski definition) is 4. The van der Waals surface area contributed by atoms with Gasteiger partial charge in [-0.3, -0.25) is 9.79 Å². The Morgan fingerprint density at radius 2 is 2.08 bits per heavy atom. The quantitative estimate of drug-likeness (QED) is 0.184. The van der Waals surface area contributed by atoms with E-state index in [0.717, 1.165) is 0 Å². The number of carboxylic acids is 1. The molecule has 2 heterocycles. The third-order valence-electron chi connectivity index (χ3n) is 6.34. The van der Waals surface area contributed by atoms with Crippen molar-refractivity contribution in [3.63, 3.8) is 0 Å². The zero-order valence-corrected chi connectivity index (χ0v) is 23.4. The van der Waals surface area contributed by atoms with Crippen molar-refractivity contribution < 1.29 is 32.6 Å². The Kier molecular flexibility index (Phi) is 11.2. The van der Waals surface area contributed by atoms with E-state index >= 15 is 0 Å². The largest absolute Gasteiger partial charge is 0.480 e. The number of unbranched alkanes of at least 4 members (excludes halogenated alkanes) is 1. The highest BCUT2D eigenvalue weighted by molar-refractivity contribution is 7.11. The van der Waals surface area contributed by atoms with Crippen molar-refractivity contribution in [1.82, 2.24) is 20.9 Å². The number of ether oxygens (including phenoxy) is 1. The average Bonchev–Trinajstić information content (AvgIpc) is 3.44. The van der Waals surface area contributed by atoms with Crippen LogP contribution >= 0.6 is 11.3 Å². The summed E-state index contributed by atoms with van der Waals surface area (Å²) in [5, 5.41) is 19.7. The molecule has 0 radical (unpaired) electrons. The Balaban J connectivity index is 1.78. The molecular formula is C27H34F3N5O4S. The summed E-state index contributed by atoms with van der Waals surface area (Å²) in [5.41, 5.74) is 1.15. The molecule has 40 heavy (non-hydrogen) atoms. The number of carboxylic acid groups (broad SMARTS) is 1. The van der Waals surface area contributed by atoms with Crippen LogP contribution in [0, 0.1) is 12.7 Å². The minimum Gasteiger partial charge on any atom is -0.480 e. The smallest absolute Gasteiger partial charge is 0.338 e. The molecule has 0 amide bonds. The monoisotopic (exact) mass is 581 g/mol. The van der Waals surface area contributed by atoms with Crippen molar-refractivity contribution in [2.24, 2.45) is 4.99 Å². The van der Waals surface area contributed by atoms with Gasteiger partial charge in [0.25, 0.3) is 5.92 Å². The summed E-state index contributed by atoms with van der Waals surface area (Å²) >= 11 is 1.30. The van der Waals surface area contributed by atoms with Crippen LogP contribution in [0.2, 0.25) is 0 Å². The van der Waals surface area contributed by atoms with Gasteiger partial charge in [0.2, 0.25) is 0 Å². The molecule has 0 bridgehead atoms. The van der Waals surface area contributed by atoms with E-state index in [4.69, 9.17) is 9.84 Å². The molecule has 0 fully saturated rings. The molecule has 1 aromatic heterocycles. The number of aliphatic imine (C=N–C) groups is 1. The molecule has 2 atom stereocenters. The van der Waals surface area contributed by atoms with Crippen LogP contribution in [0.25, 0.3) is 0 Å². The number of esters is 1. The summed E-state index contributed by atoms with van der Waals surface area (Å²) in [4.78, 5) is 32.9. The summed E-state index contributed by atoms with van der Waals surface area (Å²) in [6, 6.07) is 2.82. The number of thiazole rings is 1. The molecule has 2 aromatic rings. The lowest BCUT2D eigenvalue weighted by molar-refractivity contribution is -0.139. The molecule has 0 aliphatic carbocycles. The molecule has 1 aliphatic rings. The van der Waals surface area contributed by atoms with E-state index in [1.54, 1.807) is 31.5 Å². The van der Waals surface area contributed by atoms with Gasteiger partial charge >= 0.3 is 11.9 Å². The van der Waals surface area contributed by atoms with Crippen molar-refractivity contribution >= 4 is 29.1 Å². The summed E-state index contributed by atoms with van der Waals surface area (Å²) < 4.78 is 49.0. The van der Waals surface area contributed by atoms with E-state index in [0.29, 0.717) is 34.9 Å². The number of hydrogen-bond acceptors (Lipinski definition) is 9. The molecule has 1 aliphatic heterocycles. The van der Waals surface area contributed by atoms with E-state index in [2.05, 4.69) is 25.9 Å². The van der Waals surface area contributed by atoms with Gasteiger partial charge in [-0.2, -0.15) is 0 Å². The Bertz CT molecular complexity index is 1240. The van der Waals surface area contributed by atoms with Crippen LogP contribution in [0.1, 0.15) is 55.3 Å². The van der Waals surface area contributed by atoms with Crippen molar-refractivity contribution in [3.8, 4) is 0 Å². The van der Waals surface area contributed by atoms with Crippen LogP contribution in [0.5, 0.6) is 0 Å². The molecule has 0 spiro atoms. The summed E-state index contributed by atoms with van der Waals surface area (Å²) in [6.45, 7) is 4.35. The minimum atomic E-state index is -3.04. The Labute approximate surface area is 234 Å². The standard InChI is InChI=1S/C27H34F3N5O4S/c1-4-39-26(38)21-20(14-31-15-27(29,30)10-5-6-11-32-17(3)25(36)37)34-23(24-33-12-13-40-24)35-22(21)18-8-7-9-19(28)16(18)2/h7-9,12-13,17,22,31-32H,4-6,10-11,14-15H2,1-3H3,(H,34,35)(H,36,37)/t17-,22+/m1/s1. The Morgan fingerprint density at radius 1 is 1.30 bits per heavy atom. The maximum atomic E-state index is 14.6. The molecule has 1 aromatic carbocycles. The number of rotatable bonds is 15. The summed E-state index contributed by atoms with van der Waals surface area (Å²) in [7, 11) is 0. The van der Waals surface area contributed by atoms with E-state index in [1.165, 1.54) is 30.4 Å². The maximum Gasteiger partial charge on any atom is 0.338 e. The zero-order chi connectivity index (χ0) is 29.3. The first-order chi connectivity index (χ1) is 19.0. The summed E-state index contributed by atoms with van der Waals surface area (Å²) in [6.07, 6.45) is 1.80. The van der Waals surface area contributed by atoms with Crippen LogP contribution < -0.4 is 16.0 Å². The number of benzene rings is 1. The van der Waals surface area contributed by atoms with Gasteiger partial charge in [-0.1, -0.05) is 12.1 Å². The number of nitrogens with one attached hydrogen (secondary N) is 3. The van der Waals surface area contributed by atoms with E-state index in [1.807, 2.05) is 0 Å². The lowest BCUT2D eigenvalue weighted by Crippen LogP contribution is -2.41. The van der Waals surface area contributed by atoms with Crippen LogP contribution in [-0.4, -0.2) is 66.1 Å². The van der Waals surface area contributed by atoms with Crippen LogP contribution in [0.15, 0.2) is 46.0 Å². The number of aliphatic carboxylic acids is 1. The van der Waals surface area contributed by atoms with Gasteiger partial charge < -0.3 is 25.8 Å². The fourth-order valence-electron chi connectivity index (χ4n) is 4.15. The minimum absolute atomic E-state index is 0.0825. The second-order valence-corrected chi connectivity index (χ2v) is 10.2. The first-order valence-corrected chi connectivity index (χ1v) is 13.9. The van der Waals surface area contributed by atoms with Crippen LogP contribution in [-0.2, 0) is 14.3 Å². The van der Waals surface area contributed by atoms with Gasteiger partial charge in [0, 0.05) is 30.2 Å². The molecule has 9 nitrogen and oxygen atoms in total. The SMILES string of the molecule is CCOC(=O)C1=C(CNCC(F)(F)CCCCN[C@H](C)C(=O)O)NC(c2nccs2)=N[C@H]1c1cccc(F)c1C. The van der Waals surface area contributed by atoms with Crippen molar-refractivity contribution in [2.45, 2.75) is 58.0 Å². The van der Waals surface area contributed by atoms with Crippen LogP contribution in [0.3, 0.4) is 0 Å². The van der Waals surface area contributed by atoms with Gasteiger partial charge in [-0.05, 0) is 57.4 Å². The molecule has 0 saturated heterocycles. The van der Waals surface area contributed by atoms with Crippen molar-refractivity contribution in [3.05, 3.63) is 63.0 Å². The predicted octanol–water partition coefficient (Wildman–Crippen LogP) is 3.96. The first kappa shape index (κ1) is 31.2. The van der Waals surface area contributed by atoms with Gasteiger partial charge in [0.05, 0.1) is 18.7 Å². The van der Waals surface area contributed by atoms with Gasteiger partial charge in [-0.25, -0.2) is 22.9 Å². The fourth-order valence-corrected chi connectivity index (χ4v) is 4.74. The van der Waals surface area contributed by atoms with E-state index in [-0.39, 0.29) is 30.8 Å². The molecular weight excluding hydrogens is 547 g/mol. The van der Waals surface area contributed by atoms with Crippen molar-refractivity contribution in [2.75, 3.05) is 26.2 Å². The predicted molar refractivity (Wildman–Crippen MR) is 146 cm³/mol. The maximum absolute atomic E-state index is 14.6. The van der Waals surface area contributed by atoms with Crippen molar-refractivity contribution in [1.29, 1.82) is 0 Å². The number of nitrogens with zero attached hydrogens (tertiary/aromatic N) is 2. The molecule has 0 unspecified atom stereocenters. The number of carbonyl (C=O) groups is 2. The second-order valence-electron chi connectivity index (χ2n) is 9.34. The van der Waals surface area contributed by atoms with E-state index in [9.17, 15) is 22.8 Å². The highest BCUT2D eigenvalue weighted by atomic mass is 32.1. The number of aromatic nitrogens is 1. The number of alkyl halides is 2. The second kappa shape index (κ2) is 14.4. The van der Waals surface area contributed by atoms with Gasteiger partial charge in [-0.15, -0.1) is 11.3 Å². The third-order valence-corrected chi connectivity index (χ3v) is 7.12. The van der Waals surface area contributed by atoms with Crippen LogP contribution in [0.4, 0.5) is 13.2 Å². The van der Waals surface area contributed by atoms with Gasteiger partial charge in [0.1, 0.15) is 17.9 Å². The molecule has 13 heteroatoms. The highest BCUT2D eigenvalue weighted by Crippen LogP contribution is 2.35. The molecule has 0 saturated carbocycles. The Hall–Kier alpha value is -3.29. The summed E-state index contributed by atoms with van der Waals surface area (Å²) in [5.74, 6) is -4.85.